The van der Waals surface area contributed by atoms with Crippen LogP contribution >= 0.6 is 0 Å². The number of carbonyl (C=O) groups excluding carboxylic acids is 1. The molecule has 2 heterocycles. The SMILES string of the molecule is CCOCCOC1CCN(C(=O)C2CCNC2)CC1. The maximum Gasteiger partial charge on any atom is 0.227 e. The number of piperidine rings is 1. The lowest BCUT2D eigenvalue weighted by Gasteiger charge is -2.33. The molecule has 0 bridgehead atoms. The third kappa shape index (κ3) is 4.44. The summed E-state index contributed by atoms with van der Waals surface area (Å²) in [5, 5.41) is 3.25. The Morgan fingerprint density at radius 3 is 2.68 bits per heavy atom. The maximum atomic E-state index is 12.2. The van der Waals surface area contributed by atoms with Crippen molar-refractivity contribution in [3.63, 3.8) is 0 Å². The van der Waals surface area contributed by atoms with E-state index in [0.717, 1.165) is 52.0 Å². The highest BCUT2D eigenvalue weighted by Crippen LogP contribution is 2.18. The molecule has 0 spiro atoms. The molecule has 0 aromatic heterocycles. The largest absolute Gasteiger partial charge is 0.379 e. The average molecular weight is 270 g/mol. The third-order valence-corrected chi connectivity index (χ3v) is 3.95. The Balaban J connectivity index is 1.63. The molecular formula is C14H26N2O3. The first kappa shape index (κ1) is 14.8. The fraction of sp³-hybridized carbons (Fsp3) is 0.929. The number of amides is 1. The second-order valence-electron chi connectivity index (χ2n) is 5.28. The minimum atomic E-state index is 0.204. The molecule has 2 aliphatic rings. The second-order valence-corrected chi connectivity index (χ2v) is 5.28. The van der Waals surface area contributed by atoms with Crippen LogP contribution in [0.3, 0.4) is 0 Å². The van der Waals surface area contributed by atoms with Gasteiger partial charge in [-0.2, -0.15) is 0 Å². The normalized spacial score (nSPS) is 24.9. The Kier molecular flexibility index (Phi) is 6.07. The van der Waals surface area contributed by atoms with Crippen LogP contribution < -0.4 is 5.32 Å². The first-order valence-electron chi connectivity index (χ1n) is 7.50. The van der Waals surface area contributed by atoms with Gasteiger partial charge in [-0.25, -0.2) is 0 Å². The number of nitrogens with one attached hydrogen (secondary N) is 1. The first-order chi connectivity index (χ1) is 9.31. The van der Waals surface area contributed by atoms with Crippen molar-refractivity contribution < 1.29 is 14.3 Å². The summed E-state index contributed by atoms with van der Waals surface area (Å²) in [6.45, 7) is 7.58. The van der Waals surface area contributed by atoms with E-state index in [4.69, 9.17) is 9.47 Å². The molecule has 1 amide bonds. The van der Waals surface area contributed by atoms with Crippen LogP contribution in [-0.4, -0.2) is 62.9 Å². The summed E-state index contributed by atoms with van der Waals surface area (Å²) >= 11 is 0. The monoisotopic (exact) mass is 270 g/mol. The summed E-state index contributed by atoms with van der Waals surface area (Å²) in [5.74, 6) is 0.535. The van der Waals surface area contributed by atoms with E-state index >= 15 is 0 Å². The molecule has 1 N–H and O–H groups in total. The molecule has 1 atom stereocenters. The van der Waals surface area contributed by atoms with E-state index in [9.17, 15) is 4.79 Å². The molecule has 110 valence electrons. The molecule has 5 heteroatoms. The summed E-state index contributed by atoms with van der Waals surface area (Å²) in [4.78, 5) is 14.2. The number of ether oxygens (including phenoxy) is 2. The number of carbonyl (C=O) groups is 1. The number of hydrogen-bond acceptors (Lipinski definition) is 4. The summed E-state index contributed by atoms with van der Waals surface area (Å²) in [6, 6.07) is 0. The van der Waals surface area contributed by atoms with Crippen molar-refractivity contribution in [3.05, 3.63) is 0 Å². The van der Waals surface area contributed by atoms with Crippen LogP contribution in [0.2, 0.25) is 0 Å². The van der Waals surface area contributed by atoms with Crippen LogP contribution in [-0.2, 0) is 14.3 Å². The molecule has 2 fully saturated rings. The fourth-order valence-corrected chi connectivity index (χ4v) is 2.78. The molecule has 0 radical (unpaired) electrons. The minimum Gasteiger partial charge on any atom is -0.379 e. The average Bonchev–Trinajstić information content (AvgIpc) is 2.98. The van der Waals surface area contributed by atoms with Crippen molar-refractivity contribution in [1.29, 1.82) is 0 Å². The first-order valence-corrected chi connectivity index (χ1v) is 7.50. The lowest BCUT2D eigenvalue weighted by Crippen LogP contribution is -2.44. The van der Waals surface area contributed by atoms with Crippen LogP contribution in [0.1, 0.15) is 26.2 Å². The topological polar surface area (TPSA) is 50.8 Å². The molecule has 19 heavy (non-hydrogen) atoms. The lowest BCUT2D eigenvalue weighted by molar-refractivity contribution is -0.137. The molecule has 0 aromatic carbocycles. The van der Waals surface area contributed by atoms with Gasteiger partial charge in [-0.3, -0.25) is 4.79 Å². The van der Waals surface area contributed by atoms with Gasteiger partial charge in [0.2, 0.25) is 5.91 Å². The van der Waals surface area contributed by atoms with Gasteiger partial charge in [-0.15, -0.1) is 0 Å². The van der Waals surface area contributed by atoms with Crippen LogP contribution in [0, 0.1) is 5.92 Å². The Hall–Kier alpha value is -0.650. The Labute approximate surface area is 115 Å². The van der Waals surface area contributed by atoms with Crippen molar-refractivity contribution in [3.8, 4) is 0 Å². The highest BCUT2D eigenvalue weighted by molar-refractivity contribution is 5.79. The van der Waals surface area contributed by atoms with E-state index in [1.165, 1.54) is 0 Å². The van der Waals surface area contributed by atoms with Crippen molar-refractivity contribution in [2.45, 2.75) is 32.3 Å². The smallest absolute Gasteiger partial charge is 0.227 e. The Bertz CT molecular complexity index is 272. The molecule has 5 nitrogen and oxygen atoms in total. The van der Waals surface area contributed by atoms with Crippen LogP contribution in [0.4, 0.5) is 0 Å². The van der Waals surface area contributed by atoms with Gasteiger partial charge in [-0.1, -0.05) is 0 Å². The van der Waals surface area contributed by atoms with Gasteiger partial charge in [0.1, 0.15) is 0 Å². The number of hydrogen-bond donors (Lipinski definition) is 1. The quantitative estimate of drug-likeness (QED) is 0.720. The molecule has 2 aliphatic heterocycles. The zero-order valence-corrected chi connectivity index (χ0v) is 11.9. The van der Waals surface area contributed by atoms with Crippen molar-refractivity contribution in [2.75, 3.05) is 46.0 Å². The molecule has 0 aliphatic carbocycles. The van der Waals surface area contributed by atoms with Gasteiger partial charge in [0, 0.05) is 26.2 Å². The lowest BCUT2D eigenvalue weighted by atomic mass is 10.0. The maximum absolute atomic E-state index is 12.2. The van der Waals surface area contributed by atoms with E-state index in [1.807, 2.05) is 11.8 Å². The third-order valence-electron chi connectivity index (χ3n) is 3.95. The van der Waals surface area contributed by atoms with Crippen molar-refractivity contribution in [2.24, 2.45) is 5.92 Å². The molecular weight excluding hydrogens is 244 g/mol. The van der Waals surface area contributed by atoms with Gasteiger partial charge in [-0.05, 0) is 32.7 Å². The molecule has 0 aromatic rings. The summed E-state index contributed by atoms with van der Waals surface area (Å²) < 4.78 is 11.0. The van der Waals surface area contributed by atoms with Crippen molar-refractivity contribution in [1.82, 2.24) is 10.2 Å². The Morgan fingerprint density at radius 1 is 1.26 bits per heavy atom. The van der Waals surface area contributed by atoms with E-state index in [1.54, 1.807) is 0 Å². The molecule has 2 saturated heterocycles. The predicted molar refractivity (Wildman–Crippen MR) is 73.0 cm³/mol. The zero-order chi connectivity index (χ0) is 13.5. The minimum absolute atomic E-state index is 0.204. The summed E-state index contributed by atoms with van der Waals surface area (Å²) in [7, 11) is 0. The van der Waals surface area contributed by atoms with E-state index < -0.39 is 0 Å². The van der Waals surface area contributed by atoms with Gasteiger partial charge in [0.05, 0.1) is 25.2 Å². The summed E-state index contributed by atoms with van der Waals surface area (Å²) in [6.07, 6.45) is 3.20. The number of nitrogens with zero attached hydrogens (tertiary/aromatic N) is 1. The van der Waals surface area contributed by atoms with Crippen LogP contribution in [0.5, 0.6) is 0 Å². The van der Waals surface area contributed by atoms with Crippen LogP contribution in [0.15, 0.2) is 0 Å². The Morgan fingerprint density at radius 2 is 2.05 bits per heavy atom. The number of likely N-dealkylation sites (tertiary alicyclic amines) is 1. The number of rotatable bonds is 6. The van der Waals surface area contributed by atoms with E-state index in [2.05, 4.69) is 5.32 Å². The fourth-order valence-electron chi connectivity index (χ4n) is 2.78. The standard InChI is InChI=1S/C14H26N2O3/c1-2-18-9-10-19-13-4-7-16(8-5-13)14(17)12-3-6-15-11-12/h12-13,15H,2-11H2,1H3. The second kappa shape index (κ2) is 7.82. The van der Waals surface area contributed by atoms with Crippen LogP contribution in [0.25, 0.3) is 0 Å². The molecule has 2 rings (SSSR count). The predicted octanol–water partition coefficient (Wildman–Crippen LogP) is 0.640. The van der Waals surface area contributed by atoms with Gasteiger partial charge in [0.25, 0.3) is 0 Å². The van der Waals surface area contributed by atoms with E-state index in [0.29, 0.717) is 25.2 Å². The van der Waals surface area contributed by atoms with Gasteiger partial charge in [0.15, 0.2) is 0 Å². The van der Waals surface area contributed by atoms with Crippen molar-refractivity contribution >= 4 is 5.91 Å². The highest BCUT2D eigenvalue weighted by atomic mass is 16.5. The molecule has 1 unspecified atom stereocenters. The molecule has 0 saturated carbocycles. The highest BCUT2D eigenvalue weighted by Gasteiger charge is 2.29. The van der Waals surface area contributed by atoms with Gasteiger partial charge >= 0.3 is 0 Å². The van der Waals surface area contributed by atoms with Gasteiger partial charge < -0.3 is 19.7 Å². The van der Waals surface area contributed by atoms with E-state index in [-0.39, 0.29) is 5.92 Å². The summed E-state index contributed by atoms with van der Waals surface area (Å²) in [5.41, 5.74) is 0. The zero-order valence-electron chi connectivity index (χ0n) is 11.9.